The maximum absolute atomic E-state index is 14.3. The second-order valence-corrected chi connectivity index (χ2v) is 18.2. The fraction of sp³-hybridized carbons (Fsp3) is 0.795. The summed E-state index contributed by atoms with van der Waals surface area (Å²) in [5.41, 5.74) is -4.66. The lowest BCUT2D eigenvalue weighted by Gasteiger charge is -2.49. The van der Waals surface area contributed by atoms with Crippen molar-refractivity contribution in [1.82, 2.24) is 4.90 Å². The van der Waals surface area contributed by atoms with Gasteiger partial charge in [-0.05, 0) is 87.0 Å². The Balaban J connectivity index is 1.87. The van der Waals surface area contributed by atoms with E-state index in [1.54, 1.807) is 71.9 Å². The minimum absolute atomic E-state index is 0.0646. The first kappa shape index (κ1) is 49.1. The summed E-state index contributed by atoms with van der Waals surface area (Å²) in [6.07, 6.45) is -10.2. The summed E-state index contributed by atoms with van der Waals surface area (Å²) in [5.74, 6) is -5.83. The normalized spacial score (nSPS) is 44.4. The van der Waals surface area contributed by atoms with Crippen LogP contribution in [0.3, 0.4) is 0 Å². The van der Waals surface area contributed by atoms with Gasteiger partial charge in [0, 0.05) is 31.3 Å². The van der Waals surface area contributed by atoms with Crippen LogP contribution in [0.4, 0.5) is 0 Å². The minimum Gasteiger partial charge on any atom is -0.459 e. The molecule has 1 aromatic rings. The van der Waals surface area contributed by atoms with E-state index in [-0.39, 0.29) is 31.4 Å². The number of hydrogen-bond acceptors (Lipinski definition) is 15. The third kappa shape index (κ3) is 10.9. The standard InChI is InChI=1S/C44H71NO14/c1-14-31-44(10,52)36(47)25(4)33(46)23(2)21-42(8,51)38(26(5)34(27(6)39(49)56-31)57-32-22-43(9,53-13)37(48)28(7)55-32)59-41-35(30(45(11)12)20-24(3)54-41)58-40(50)29-18-16-15-17-19-29/h15-19,23-28,30-32,34-38,41,47-48,51-52H,14,20-22H2,1-13H3/t23-,24-,25+,26+,27-,28+,30+,31-,32+,34+,35-,36-,37+,38-,41+,42-,43-,44-/m1/s1. The molecule has 0 aromatic heterocycles. The number of benzene rings is 1. The van der Waals surface area contributed by atoms with Crippen molar-refractivity contribution >= 4 is 17.7 Å². The summed E-state index contributed by atoms with van der Waals surface area (Å²) >= 11 is 0. The van der Waals surface area contributed by atoms with Crippen LogP contribution >= 0.6 is 0 Å². The van der Waals surface area contributed by atoms with Gasteiger partial charge in [0.15, 0.2) is 18.7 Å². The van der Waals surface area contributed by atoms with Crippen LogP contribution in [0, 0.1) is 23.7 Å². The summed E-state index contributed by atoms with van der Waals surface area (Å²) in [5, 5.41) is 46.9. The summed E-state index contributed by atoms with van der Waals surface area (Å²) in [7, 11) is 5.20. The van der Waals surface area contributed by atoms with Crippen LogP contribution in [-0.4, -0.2) is 149 Å². The third-order valence-corrected chi connectivity index (χ3v) is 13.0. The number of Topliss-reactive ketones (excluding diaryl/α,β-unsaturated/α-hetero) is 1. The topological polar surface area (TPSA) is 200 Å². The average molecular weight is 838 g/mol. The van der Waals surface area contributed by atoms with Gasteiger partial charge in [-0.2, -0.15) is 0 Å². The summed E-state index contributed by atoms with van der Waals surface area (Å²) in [4.78, 5) is 43.9. The van der Waals surface area contributed by atoms with Crippen LogP contribution in [0.15, 0.2) is 30.3 Å². The number of nitrogens with zero attached hydrogens (tertiary/aromatic N) is 1. The highest BCUT2D eigenvalue weighted by molar-refractivity contribution is 5.89. The molecule has 3 saturated heterocycles. The maximum Gasteiger partial charge on any atom is 0.338 e. The number of esters is 2. The van der Waals surface area contributed by atoms with E-state index in [9.17, 15) is 34.8 Å². The fourth-order valence-electron chi connectivity index (χ4n) is 9.29. The van der Waals surface area contributed by atoms with E-state index in [4.69, 9.17) is 33.2 Å². The molecule has 15 heteroatoms. The first-order chi connectivity index (χ1) is 27.4. The number of ether oxygens (including phenoxy) is 7. The molecule has 3 aliphatic heterocycles. The highest BCUT2D eigenvalue weighted by Crippen LogP contribution is 2.41. The number of aliphatic hydroxyl groups excluding tert-OH is 2. The molecule has 336 valence electrons. The Bertz CT molecular complexity index is 1560. The second kappa shape index (κ2) is 19.6. The zero-order valence-corrected chi connectivity index (χ0v) is 37.2. The van der Waals surface area contributed by atoms with E-state index in [0.29, 0.717) is 12.0 Å². The number of ketones is 1. The van der Waals surface area contributed by atoms with Crippen molar-refractivity contribution < 1.29 is 68.0 Å². The van der Waals surface area contributed by atoms with E-state index >= 15 is 0 Å². The van der Waals surface area contributed by atoms with Crippen LogP contribution in [0.2, 0.25) is 0 Å². The molecule has 0 aliphatic carbocycles. The Morgan fingerprint density at radius 3 is 2.08 bits per heavy atom. The van der Waals surface area contributed by atoms with E-state index in [2.05, 4.69) is 0 Å². The van der Waals surface area contributed by atoms with Gasteiger partial charge >= 0.3 is 11.9 Å². The van der Waals surface area contributed by atoms with Crippen LogP contribution in [0.25, 0.3) is 0 Å². The molecule has 0 bridgehead atoms. The predicted molar refractivity (Wildman–Crippen MR) is 216 cm³/mol. The molecule has 3 fully saturated rings. The van der Waals surface area contributed by atoms with E-state index in [0.717, 1.165) is 0 Å². The van der Waals surface area contributed by atoms with Crippen molar-refractivity contribution in [2.75, 3.05) is 21.2 Å². The Morgan fingerprint density at radius 1 is 0.881 bits per heavy atom. The summed E-state index contributed by atoms with van der Waals surface area (Å²) in [6.45, 7) is 16.3. The lowest BCUT2D eigenvalue weighted by Crippen LogP contribution is -2.61. The zero-order chi connectivity index (χ0) is 44.4. The number of cyclic esters (lactones) is 1. The van der Waals surface area contributed by atoms with Crippen LogP contribution in [0.1, 0.15) is 105 Å². The number of aliphatic hydroxyl groups is 4. The van der Waals surface area contributed by atoms with Crippen LogP contribution in [-0.2, 0) is 42.7 Å². The summed E-state index contributed by atoms with van der Waals surface area (Å²) < 4.78 is 44.2. The van der Waals surface area contributed by atoms with Gasteiger partial charge in [-0.1, -0.05) is 45.9 Å². The van der Waals surface area contributed by atoms with Crippen molar-refractivity contribution in [3.8, 4) is 0 Å². The molecule has 0 amide bonds. The molecule has 18 atom stereocenters. The van der Waals surface area contributed by atoms with Gasteiger partial charge in [0.2, 0.25) is 0 Å². The molecule has 0 spiro atoms. The minimum atomic E-state index is -2.03. The highest BCUT2D eigenvalue weighted by Gasteiger charge is 2.54. The van der Waals surface area contributed by atoms with Crippen molar-refractivity contribution in [2.24, 2.45) is 23.7 Å². The predicted octanol–water partition coefficient (Wildman–Crippen LogP) is 3.65. The highest BCUT2D eigenvalue weighted by atomic mass is 16.7. The molecule has 15 nitrogen and oxygen atoms in total. The Morgan fingerprint density at radius 2 is 1.51 bits per heavy atom. The van der Waals surface area contributed by atoms with Gasteiger partial charge in [-0.25, -0.2) is 4.79 Å². The van der Waals surface area contributed by atoms with Gasteiger partial charge in [-0.15, -0.1) is 0 Å². The number of likely N-dealkylation sites (N-methyl/N-ethyl adjacent to an activating group) is 1. The van der Waals surface area contributed by atoms with Gasteiger partial charge < -0.3 is 58.5 Å². The average Bonchev–Trinajstić information content (AvgIpc) is 3.18. The molecular formula is C44H71NO14. The first-order valence-corrected chi connectivity index (χ1v) is 21.0. The summed E-state index contributed by atoms with van der Waals surface area (Å²) in [6, 6.07) is 8.15. The van der Waals surface area contributed by atoms with Crippen molar-refractivity contribution in [1.29, 1.82) is 0 Å². The quantitative estimate of drug-likeness (QED) is 0.263. The molecular weight excluding hydrogens is 766 g/mol. The monoisotopic (exact) mass is 837 g/mol. The van der Waals surface area contributed by atoms with E-state index < -0.39 is 114 Å². The second-order valence-electron chi connectivity index (χ2n) is 18.2. The van der Waals surface area contributed by atoms with E-state index in [1.165, 1.54) is 27.9 Å². The van der Waals surface area contributed by atoms with Gasteiger partial charge in [0.25, 0.3) is 0 Å². The molecule has 3 aliphatic rings. The maximum atomic E-state index is 14.3. The van der Waals surface area contributed by atoms with Crippen LogP contribution < -0.4 is 0 Å². The number of methoxy groups -OCH3 is 1. The molecule has 4 N–H and O–H groups in total. The van der Waals surface area contributed by atoms with Gasteiger partial charge in [-0.3, -0.25) is 9.59 Å². The molecule has 0 unspecified atom stereocenters. The number of carbonyl (C=O) groups excluding carboxylic acids is 3. The van der Waals surface area contributed by atoms with Gasteiger partial charge in [0.05, 0.1) is 59.2 Å². The molecule has 1 aromatic carbocycles. The molecule has 3 heterocycles. The van der Waals surface area contributed by atoms with Crippen molar-refractivity contribution in [2.45, 2.75) is 179 Å². The third-order valence-electron chi connectivity index (χ3n) is 13.0. The molecule has 59 heavy (non-hydrogen) atoms. The van der Waals surface area contributed by atoms with E-state index in [1.807, 2.05) is 25.9 Å². The fourth-order valence-corrected chi connectivity index (χ4v) is 9.29. The number of hydrogen-bond donors (Lipinski definition) is 4. The molecule has 0 radical (unpaired) electrons. The van der Waals surface area contributed by atoms with Crippen LogP contribution in [0.5, 0.6) is 0 Å². The SMILES string of the molecule is CC[C@H]1OC(=O)[C@H](C)[C@@H](O[C@H]2C[C@@](C)(OC)[C@@H](O)[C@H](C)O2)[C@H](C)[C@@H](O[C@@H]2O[C@H](C)C[C@H](N(C)C)[C@H]2OC(=O)c2ccccc2)[C@](C)(O)C[C@@H](C)C(=O)[C@H](C)[C@@H](O)[C@]1(C)O. The number of carbonyl (C=O) groups is 3. The Kier molecular flexibility index (Phi) is 16.3. The largest absolute Gasteiger partial charge is 0.459 e. The Labute approximate surface area is 349 Å². The smallest absolute Gasteiger partial charge is 0.338 e. The van der Waals surface area contributed by atoms with Crippen molar-refractivity contribution in [3.05, 3.63) is 35.9 Å². The Hall–Kier alpha value is -2.57. The molecule has 0 saturated carbocycles. The lowest BCUT2D eigenvalue weighted by molar-refractivity contribution is -0.317. The lowest BCUT2D eigenvalue weighted by atomic mass is 9.74. The zero-order valence-electron chi connectivity index (χ0n) is 37.2. The molecule has 4 rings (SSSR count). The number of rotatable bonds is 9. The first-order valence-electron chi connectivity index (χ1n) is 21.0. The van der Waals surface area contributed by atoms with Gasteiger partial charge in [0.1, 0.15) is 23.6 Å². The van der Waals surface area contributed by atoms with Crippen molar-refractivity contribution in [3.63, 3.8) is 0 Å².